The first-order chi connectivity index (χ1) is 16.7. The lowest BCUT2D eigenvalue weighted by molar-refractivity contribution is -0.145. The number of piperidine rings is 1. The van der Waals surface area contributed by atoms with Crippen molar-refractivity contribution in [2.45, 2.75) is 63.8 Å². The number of hydrogen-bond acceptors (Lipinski definition) is 5. The van der Waals surface area contributed by atoms with Gasteiger partial charge in [-0.2, -0.15) is 0 Å². The summed E-state index contributed by atoms with van der Waals surface area (Å²) in [6, 6.07) is 5.57. The Morgan fingerprint density at radius 3 is 2.46 bits per heavy atom. The molecular formula is C26H40N6O3. The van der Waals surface area contributed by atoms with Crippen molar-refractivity contribution in [2.24, 2.45) is 39.9 Å². The van der Waals surface area contributed by atoms with Crippen molar-refractivity contribution in [3.8, 4) is 5.75 Å². The zero-order valence-electron chi connectivity index (χ0n) is 21.0. The number of fused-ring (bicyclic) bond motifs is 2. The summed E-state index contributed by atoms with van der Waals surface area (Å²) in [5, 5.41) is 3.40. The molecule has 35 heavy (non-hydrogen) atoms. The van der Waals surface area contributed by atoms with E-state index in [4.69, 9.17) is 21.9 Å². The van der Waals surface area contributed by atoms with E-state index < -0.39 is 11.5 Å². The summed E-state index contributed by atoms with van der Waals surface area (Å²) in [5.41, 5.74) is 18.1. The minimum Gasteiger partial charge on any atom is -0.410 e. The molecule has 0 radical (unpaired) electrons. The van der Waals surface area contributed by atoms with Crippen LogP contribution in [0.4, 0.5) is 4.79 Å². The summed E-state index contributed by atoms with van der Waals surface area (Å²) in [7, 11) is 0. The lowest BCUT2D eigenvalue weighted by atomic mass is 9.63. The molecule has 9 heteroatoms. The van der Waals surface area contributed by atoms with Gasteiger partial charge in [-0.05, 0) is 92.6 Å². The molecule has 3 aliphatic rings. The highest BCUT2D eigenvalue weighted by Crippen LogP contribution is 2.51. The number of nitrogens with zero attached hydrogens (tertiary/aromatic N) is 2. The number of guanidine groups is 1. The van der Waals surface area contributed by atoms with Gasteiger partial charge < -0.3 is 32.2 Å². The Morgan fingerprint density at radius 2 is 1.86 bits per heavy atom. The molecule has 0 aromatic heterocycles. The minimum atomic E-state index is -0.841. The summed E-state index contributed by atoms with van der Waals surface area (Å²) < 4.78 is 5.28. The van der Waals surface area contributed by atoms with Crippen LogP contribution in [0.25, 0.3) is 0 Å². The zero-order chi connectivity index (χ0) is 25.2. The van der Waals surface area contributed by atoms with Gasteiger partial charge in [-0.3, -0.25) is 9.79 Å². The molecule has 1 aromatic rings. The zero-order valence-corrected chi connectivity index (χ0v) is 21.0. The van der Waals surface area contributed by atoms with E-state index in [2.05, 4.69) is 24.2 Å². The lowest BCUT2D eigenvalue weighted by Gasteiger charge is -2.52. The number of benzene rings is 1. The largest absolute Gasteiger partial charge is 0.410 e. The molecule has 1 atom stereocenters. The van der Waals surface area contributed by atoms with Gasteiger partial charge in [0, 0.05) is 6.54 Å². The van der Waals surface area contributed by atoms with Gasteiger partial charge >= 0.3 is 6.09 Å². The van der Waals surface area contributed by atoms with Gasteiger partial charge in [0.15, 0.2) is 5.96 Å². The van der Waals surface area contributed by atoms with Crippen molar-refractivity contribution < 1.29 is 14.3 Å². The van der Waals surface area contributed by atoms with Gasteiger partial charge in [0.05, 0.1) is 18.0 Å². The number of hydrogen-bond donors (Lipinski definition) is 4. The van der Waals surface area contributed by atoms with Crippen molar-refractivity contribution in [2.75, 3.05) is 26.2 Å². The number of carbonyl (C=O) groups excluding carboxylic acids is 2. The highest BCUT2D eigenvalue weighted by molar-refractivity contribution is 5.91. The van der Waals surface area contributed by atoms with E-state index in [0.717, 1.165) is 62.7 Å². The third kappa shape index (κ3) is 5.10. The van der Waals surface area contributed by atoms with Crippen molar-refractivity contribution in [3.05, 3.63) is 29.3 Å². The smallest absolute Gasteiger partial charge is 0.409 e. The minimum absolute atomic E-state index is 0.0255. The molecule has 1 aromatic carbocycles. The van der Waals surface area contributed by atoms with E-state index in [1.54, 1.807) is 6.07 Å². The first kappa shape index (κ1) is 25.3. The third-order valence-electron chi connectivity index (χ3n) is 8.38. The Hall–Kier alpha value is -2.81. The van der Waals surface area contributed by atoms with Crippen LogP contribution in [0, 0.1) is 17.8 Å². The van der Waals surface area contributed by atoms with Gasteiger partial charge in [0.25, 0.3) is 0 Å². The van der Waals surface area contributed by atoms with Crippen LogP contribution in [-0.2, 0) is 10.2 Å². The van der Waals surface area contributed by atoms with Crippen LogP contribution in [0.5, 0.6) is 5.75 Å². The molecule has 1 saturated carbocycles. The fourth-order valence-electron chi connectivity index (χ4n) is 6.59. The lowest BCUT2D eigenvalue weighted by Crippen LogP contribution is -2.58. The number of nitrogens with one attached hydrogen (secondary N) is 1. The number of rotatable bonds is 6. The molecule has 192 valence electrons. The van der Waals surface area contributed by atoms with Crippen LogP contribution in [-0.4, -0.2) is 49.0 Å². The number of primary amides is 1. The molecule has 7 N–H and O–H groups in total. The second-order valence-corrected chi connectivity index (χ2v) is 10.7. The number of amides is 2. The fraction of sp³-hybridized carbons (Fsp3) is 0.654. The molecule has 2 aliphatic heterocycles. The van der Waals surface area contributed by atoms with Crippen LogP contribution in [0.15, 0.2) is 23.2 Å². The van der Waals surface area contributed by atoms with Crippen molar-refractivity contribution in [1.29, 1.82) is 0 Å². The average Bonchev–Trinajstić information content (AvgIpc) is 2.82. The maximum atomic E-state index is 14.3. The van der Waals surface area contributed by atoms with Gasteiger partial charge in [0.1, 0.15) is 5.75 Å². The molecule has 1 aliphatic carbocycles. The highest BCUT2D eigenvalue weighted by atomic mass is 16.5. The molecule has 4 rings (SSSR count). The summed E-state index contributed by atoms with van der Waals surface area (Å²) in [4.78, 5) is 32.1. The maximum Gasteiger partial charge on any atom is 0.409 e. The maximum absolute atomic E-state index is 14.3. The van der Waals surface area contributed by atoms with Gasteiger partial charge in [-0.15, -0.1) is 0 Å². The first-order valence-corrected chi connectivity index (χ1v) is 12.9. The first-order valence-electron chi connectivity index (χ1n) is 12.9. The van der Waals surface area contributed by atoms with Crippen molar-refractivity contribution in [1.82, 2.24) is 10.2 Å². The molecule has 9 nitrogen and oxygen atoms in total. The van der Waals surface area contributed by atoms with Crippen LogP contribution in [0.3, 0.4) is 0 Å². The van der Waals surface area contributed by atoms with Gasteiger partial charge in [-0.1, -0.05) is 19.9 Å². The highest BCUT2D eigenvalue weighted by Gasteiger charge is 2.52. The Bertz CT molecular complexity index is 960. The van der Waals surface area contributed by atoms with E-state index in [0.29, 0.717) is 36.6 Å². The fourth-order valence-corrected chi connectivity index (χ4v) is 6.59. The number of nitrogens with two attached hydrogens (primary N) is 3. The SMILES string of the molecule is CC(C)C1CCC(C2c3cc(OC(N)=O)ccc3C3(CCNCC3)C(=O)N2CCN=C(N)N)CC1. The summed E-state index contributed by atoms with van der Waals surface area (Å²) >= 11 is 0. The van der Waals surface area contributed by atoms with Crippen LogP contribution >= 0.6 is 0 Å². The van der Waals surface area contributed by atoms with Crippen molar-refractivity contribution >= 4 is 18.0 Å². The average molecular weight is 485 g/mol. The number of aliphatic imine (C=N–C) groups is 1. The summed E-state index contributed by atoms with van der Waals surface area (Å²) in [6.45, 7) is 6.93. The molecule has 2 fully saturated rings. The summed E-state index contributed by atoms with van der Waals surface area (Å²) in [5.74, 6) is 2.28. The normalized spacial score (nSPS) is 25.9. The second-order valence-electron chi connectivity index (χ2n) is 10.7. The van der Waals surface area contributed by atoms with Crippen molar-refractivity contribution in [3.63, 3.8) is 0 Å². The predicted molar refractivity (Wildman–Crippen MR) is 136 cm³/mol. The van der Waals surface area contributed by atoms with E-state index in [1.165, 1.54) is 0 Å². The summed E-state index contributed by atoms with van der Waals surface area (Å²) in [6.07, 6.45) is 5.00. The Labute approximate surface area is 207 Å². The number of ether oxygens (including phenoxy) is 1. The standard InChI is InChI=1S/C26H40N6O3/c1-16(2)17-3-5-18(6-4-17)22-20-15-19(35-25(29)34)7-8-21(20)26(9-11-30-12-10-26)23(33)32(22)14-13-31-24(27)28/h7-8,15-18,22,30H,3-6,9-14H2,1-2H3,(H2,29,34)(H4,27,28,31). The molecule has 1 unspecified atom stereocenters. The number of carbonyl (C=O) groups is 2. The van der Waals surface area contributed by atoms with E-state index in [1.807, 2.05) is 17.0 Å². The molecule has 1 spiro atoms. The third-order valence-corrected chi connectivity index (χ3v) is 8.38. The molecule has 0 bridgehead atoms. The molecular weight excluding hydrogens is 444 g/mol. The monoisotopic (exact) mass is 484 g/mol. The Balaban J connectivity index is 1.79. The quantitative estimate of drug-likeness (QED) is 0.360. The van der Waals surface area contributed by atoms with Crippen LogP contribution < -0.4 is 27.3 Å². The van der Waals surface area contributed by atoms with E-state index >= 15 is 0 Å². The van der Waals surface area contributed by atoms with Gasteiger partial charge in [0.2, 0.25) is 5.91 Å². The van der Waals surface area contributed by atoms with Gasteiger partial charge in [-0.25, -0.2) is 4.79 Å². The van der Waals surface area contributed by atoms with E-state index in [9.17, 15) is 9.59 Å². The molecule has 2 heterocycles. The predicted octanol–water partition coefficient (Wildman–Crippen LogP) is 2.38. The topological polar surface area (TPSA) is 149 Å². The Morgan fingerprint density at radius 1 is 1.17 bits per heavy atom. The van der Waals surface area contributed by atoms with E-state index in [-0.39, 0.29) is 17.9 Å². The molecule has 1 saturated heterocycles. The Kier molecular flexibility index (Phi) is 7.54. The molecule has 2 amide bonds. The van der Waals surface area contributed by atoms with Crippen LogP contribution in [0.1, 0.15) is 69.5 Å². The second kappa shape index (κ2) is 10.4. The van der Waals surface area contributed by atoms with Crippen LogP contribution in [0.2, 0.25) is 0 Å².